The third-order valence-corrected chi connectivity index (χ3v) is 6.75. The molecule has 1 fully saturated rings. The summed E-state index contributed by atoms with van der Waals surface area (Å²) < 4.78 is 12.0. The Labute approximate surface area is 217 Å². The monoisotopic (exact) mass is 594 g/mol. The Morgan fingerprint density at radius 3 is 2.53 bits per heavy atom. The predicted octanol–water partition coefficient (Wildman–Crippen LogP) is 5.89. The summed E-state index contributed by atoms with van der Waals surface area (Å²) in [6.07, 6.45) is 2.49. The van der Waals surface area contributed by atoms with E-state index in [-0.39, 0.29) is 11.4 Å². The van der Waals surface area contributed by atoms with E-state index in [0.29, 0.717) is 35.3 Å². The molecule has 3 amide bonds. The van der Waals surface area contributed by atoms with Gasteiger partial charge in [-0.1, -0.05) is 32.9 Å². The van der Waals surface area contributed by atoms with E-state index in [1.54, 1.807) is 19.3 Å². The Bertz CT molecular complexity index is 1120. The zero-order valence-corrected chi connectivity index (χ0v) is 22.5. The minimum absolute atomic E-state index is 0.249. The normalized spacial score (nSPS) is 14.8. The van der Waals surface area contributed by atoms with E-state index in [9.17, 15) is 14.4 Å². The van der Waals surface area contributed by atoms with Gasteiger partial charge in [0.25, 0.3) is 11.1 Å². The molecule has 0 aromatic heterocycles. The van der Waals surface area contributed by atoms with Crippen LogP contribution >= 0.6 is 34.4 Å². The highest BCUT2D eigenvalue weighted by Crippen LogP contribution is 2.37. The molecule has 1 N–H and O–H groups in total. The molecule has 3 rings (SSSR count). The SMILES string of the molecule is CCCOc1c(I)cc(/C=C2\SC(=O)N(CC(=O)Nc3ccc(C(C)C)cc3)C2=O)cc1OC. The van der Waals surface area contributed by atoms with Crippen molar-refractivity contribution in [3.05, 3.63) is 56.0 Å². The third kappa shape index (κ3) is 6.32. The molecule has 0 unspecified atom stereocenters. The third-order valence-electron chi connectivity index (χ3n) is 5.04. The van der Waals surface area contributed by atoms with Gasteiger partial charge >= 0.3 is 0 Å². The van der Waals surface area contributed by atoms with Crippen LogP contribution in [0.4, 0.5) is 10.5 Å². The van der Waals surface area contributed by atoms with E-state index < -0.39 is 17.1 Å². The lowest BCUT2D eigenvalue weighted by molar-refractivity contribution is -0.127. The van der Waals surface area contributed by atoms with Crippen molar-refractivity contribution in [2.75, 3.05) is 25.6 Å². The van der Waals surface area contributed by atoms with Gasteiger partial charge in [0, 0.05) is 5.69 Å². The maximum absolute atomic E-state index is 12.9. The zero-order chi connectivity index (χ0) is 24.8. The van der Waals surface area contributed by atoms with Crippen molar-refractivity contribution in [3.63, 3.8) is 0 Å². The quantitative estimate of drug-likeness (QED) is 0.288. The maximum Gasteiger partial charge on any atom is 0.294 e. The van der Waals surface area contributed by atoms with Crippen LogP contribution in [-0.2, 0) is 9.59 Å². The number of rotatable bonds is 9. The first kappa shape index (κ1) is 26.1. The number of carbonyl (C=O) groups is 3. The maximum atomic E-state index is 12.9. The van der Waals surface area contributed by atoms with Crippen LogP contribution in [0.2, 0.25) is 0 Å². The van der Waals surface area contributed by atoms with Crippen LogP contribution in [0.25, 0.3) is 6.08 Å². The number of anilines is 1. The van der Waals surface area contributed by atoms with Crippen molar-refractivity contribution in [2.45, 2.75) is 33.1 Å². The number of carbonyl (C=O) groups excluding carboxylic acids is 3. The fourth-order valence-electron chi connectivity index (χ4n) is 3.25. The topological polar surface area (TPSA) is 84.9 Å². The molecule has 2 aromatic rings. The predicted molar refractivity (Wildman–Crippen MR) is 143 cm³/mol. The van der Waals surface area contributed by atoms with Crippen molar-refractivity contribution in [1.82, 2.24) is 4.90 Å². The zero-order valence-electron chi connectivity index (χ0n) is 19.5. The van der Waals surface area contributed by atoms with Crippen molar-refractivity contribution in [2.24, 2.45) is 0 Å². The van der Waals surface area contributed by atoms with Crippen molar-refractivity contribution in [1.29, 1.82) is 0 Å². The van der Waals surface area contributed by atoms with Crippen molar-refractivity contribution in [3.8, 4) is 11.5 Å². The molecule has 7 nitrogen and oxygen atoms in total. The Kier molecular flexibility index (Phi) is 9.01. The summed E-state index contributed by atoms with van der Waals surface area (Å²) in [4.78, 5) is 39.0. The van der Waals surface area contributed by atoms with Crippen LogP contribution in [0.3, 0.4) is 0 Å². The largest absolute Gasteiger partial charge is 0.493 e. The smallest absolute Gasteiger partial charge is 0.294 e. The van der Waals surface area contributed by atoms with Gasteiger partial charge < -0.3 is 14.8 Å². The van der Waals surface area contributed by atoms with E-state index in [1.807, 2.05) is 37.3 Å². The van der Waals surface area contributed by atoms with Gasteiger partial charge in [-0.15, -0.1) is 0 Å². The molecule has 1 heterocycles. The van der Waals surface area contributed by atoms with Crippen LogP contribution in [0.15, 0.2) is 41.3 Å². The van der Waals surface area contributed by atoms with E-state index in [4.69, 9.17) is 9.47 Å². The van der Waals surface area contributed by atoms with Gasteiger partial charge in [-0.05, 0) is 88.2 Å². The molecule has 0 bridgehead atoms. The molecule has 0 radical (unpaired) electrons. The minimum atomic E-state index is -0.499. The Morgan fingerprint density at radius 2 is 1.91 bits per heavy atom. The number of thioether (sulfide) groups is 1. The van der Waals surface area contributed by atoms with Crippen molar-refractivity contribution >= 4 is 63.2 Å². The van der Waals surface area contributed by atoms with Gasteiger partial charge in [0.15, 0.2) is 11.5 Å². The molecule has 1 aliphatic heterocycles. The highest BCUT2D eigenvalue weighted by atomic mass is 127. The molecule has 0 saturated carbocycles. The lowest BCUT2D eigenvalue weighted by atomic mass is 10.0. The summed E-state index contributed by atoms with van der Waals surface area (Å²) in [6.45, 7) is 6.42. The van der Waals surface area contributed by atoms with Crippen LogP contribution in [0.5, 0.6) is 11.5 Å². The average molecular weight is 594 g/mol. The summed E-state index contributed by atoms with van der Waals surface area (Å²) in [5.74, 6) is 0.646. The van der Waals surface area contributed by atoms with Crippen molar-refractivity contribution < 1.29 is 23.9 Å². The van der Waals surface area contributed by atoms with E-state index in [1.165, 1.54) is 0 Å². The number of nitrogens with zero attached hydrogens (tertiary/aromatic N) is 1. The van der Waals surface area contributed by atoms with E-state index >= 15 is 0 Å². The Morgan fingerprint density at radius 1 is 1.21 bits per heavy atom. The second-order valence-corrected chi connectivity index (χ2v) is 10.1. The number of halogens is 1. The minimum Gasteiger partial charge on any atom is -0.493 e. The second kappa shape index (κ2) is 11.7. The summed E-state index contributed by atoms with van der Waals surface area (Å²) in [6, 6.07) is 11.1. The number of nitrogens with one attached hydrogen (secondary N) is 1. The van der Waals surface area contributed by atoms with Crippen LogP contribution in [0, 0.1) is 3.57 Å². The Hall–Kier alpha value is -2.53. The van der Waals surface area contributed by atoms with Gasteiger partial charge in [-0.3, -0.25) is 19.3 Å². The molecule has 0 atom stereocenters. The Balaban J connectivity index is 1.71. The number of amides is 3. The standard InChI is InChI=1S/C25H27IN2O5S/c1-5-10-33-23-19(26)11-16(12-20(23)32-4)13-21-24(30)28(25(31)34-21)14-22(29)27-18-8-6-17(7-9-18)15(2)3/h6-9,11-13,15H,5,10,14H2,1-4H3,(H,27,29)/b21-13-. The fourth-order valence-corrected chi connectivity index (χ4v) is 4.87. The van der Waals surface area contributed by atoms with Crippen LogP contribution in [-0.4, -0.2) is 42.2 Å². The molecule has 9 heteroatoms. The molecular weight excluding hydrogens is 567 g/mol. The first-order chi connectivity index (χ1) is 16.2. The number of imide groups is 1. The first-order valence-corrected chi connectivity index (χ1v) is 12.8. The highest BCUT2D eigenvalue weighted by Gasteiger charge is 2.36. The van der Waals surface area contributed by atoms with Gasteiger partial charge in [-0.2, -0.15) is 0 Å². The molecule has 0 aliphatic carbocycles. The van der Waals surface area contributed by atoms with Gasteiger partial charge in [0.2, 0.25) is 5.91 Å². The average Bonchev–Trinajstić information content (AvgIpc) is 3.05. The molecule has 0 spiro atoms. The second-order valence-electron chi connectivity index (χ2n) is 7.98. The van der Waals surface area contributed by atoms with Crippen LogP contribution < -0.4 is 14.8 Å². The molecule has 1 saturated heterocycles. The van der Waals surface area contributed by atoms with Gasteiger partial charge in [-0.25, -0.2) is 0 Å². The fraction of sp³-hybridized carbons (Fsp3) is 0.320. The molecule has 2 aromatic carbocycles. The number of benzene rings is 2. The number of methoxy groups -OCH3 is 1. The molecule has 1 aliphatic rings. The van der Waals surface area contributed by atoms with Gasteiger partial charge in [0.1, 0.15) is 6.54 Å². The van der Waals surface area contributed by atoms with Crippen LogP contribution in [0.1, 0.15) is 44.2 Å². The highest BCUT2D eigenvalue weighted by molar-refractivity contribution is 14.1. The van der Waals surface area contributed by atoms with E-state index in [0.717, 1.165) is 32.2 Å². The summed E-state index contributed by atoms with van der Waals surface area (Å²) in [5.41, 5.74) is 2.47. The number of hydrogen-bond donors (Lipinski definition) is 1. The first-order valence-electron chi connectivity index (χ1n) is 10.9. The lowest BCUT2D eigenvalue weighted by Gasteiger charge is -2.13. The van der Waals surface area contributed by atoms with E-state index in [2.05, 4.69) is 41.8 Å². The lowest BCUT2D eigenvalue weighted by Crippen LogP contribution is -2.36. The summed E-state index contributed by atoms with van der Waals surface area (Å²) in [5, 5.41) is 2.26. The number of ether oxygens (including phenoxy) is 2. The molecular formula is C25H27IN2O5S. The molecule has 180 valence electrons. The van der Waals surface area contributed by atoms with Gasteiger partial charge in [0.05, 0.1) is 22.2 Å². The molecule has 34 heavy (non-hydrogen) atoms. The summed E-state index contributed by atoms with van der Waals surface area (Å²) in [7, 11) is 1.55. The number of hydrogen-bond acceptors (Lipinski definition) is 6. The summed E-state index contributed by atoms with van der Waals surface area (Å²) >= 11 is 2.96.